The first-order chi connectivity index (χ1) is 7.63. The highest BCUT2D eigenvalue weighted by Crippen LogP contribution is 2.38. The van der Waals surface area contributed by atoms with E-state index in [1.165, 1.54) is 32.2 Å². The second-order valence-electron chi connectivity index (χ2n) is 5.73. The summed E-state index contributed by atoms with van der Waals surface area (Å²) in [7, 11) is 2.23. The van der Waals surface area contributed by atoms with E-state index in [2.05, 4.69) is 30.7 Å². The maximum atomic E-state index is 6.13. The Morgan fingerprint density at radius 2 is 2.12 bits per heavy atom. The highest BCUT2D eigenvalue weighted by molar-refractivity contribution is 5.03. The Kier molecular flexibility index (Phi) is 3.57. The number of nitrogens with two attached hydrogens (primary N) is 1. The van der Waals surface area contributed by atoms with E-state index in [-0.39, 0.29) is 0 Å². The van der Waals surface area contributed by atoms with Crippen molar-refractivity contribution in [2.24, 2.45) is 5.73 Å². The van der Waals surface area contributed by atoms with Crippen LogP contribution >= 0.6 is 0 Å². The van der Waals surface area contributed by atoms with Crippen LogP contribution in [0.4, 0.5) is 0 Å². The molecule has 3 nitrogen and oxygen atoms in total. The fourth-order valence-electron chi connectivity index (χ4n) is 3.34. The molecule has 3 heteroatoms. The molecule has 0 radical (unpaired) electrons. The molecule has 16 heavy (non-hydrogen) atoms. The van der Waals surface area contributed by atoms with Gasteiger partial charge in [0.25, 0.3) is 0 Å². The van der Waals surface area contributed by atoms with Gasteiger partial charge in [-0.2, -0.15) is 0 Å². The fourth-order valence-corrected chi connectivity index (χ4v) is 3.34. The van der Waals surface area contributed by atoms with Gasteiger partial charge in [0.15, 0.2) is 0 Å². The average molecular weight is 225 g/mol. The van der Waals surface area contributed by atoms with E-state index < -0.39 is 0 Å². The van der Waals surface area contributed by atoms with Gasteiger partial charge in [0, 0.05) is 24.2 Å². The van der Waals surface area contributed by atoms with E-state index in [0.717, 1.165) is 19.1 Å². The third kappa shape index (κ3) is 2.13. The van der Waals surface area contributed by atoms with E-state index >= 15 is 0 Å². The number of hydrogen-bond acceptors (Lipinski definition) is 3. The Bertz CT molecular complexity index is 239. The Morgan fingerprint density at radius 3 is 2.56 bits per heavy atom. The van der Waals surface area contributed by atoms with Crippen LogP contribution < -0.4 is 5.73 Å². The van der Waals surface area contributed by atoms with Gasteiger partial charge in [-0.3, -0.25) is 4.90 Å². The first-order valence-corrected chi connectivity index (χ1v) is 6.80. The number of nitrogens with zero attached hydrogens (tertiary/aromatic N) is 2. The van der Waals surface area contributed by atoms with Crippen molar-refractivity contribution in [1.29, 1.82) is 0 Å². The van der Waals surface area contributed by atoms with Gasteiger partial charge in [-0.1, -0.05) is 6.92 Å². The van der Waals surface area contributed by atoms with E-state index in [0.29, 0.717) is 11.6 Å². The zero-order valence-electron chi connectivity index (χ0n) is 11.1. The molecule has 2 N–H and O–H groups in total. The van der Waals surface area contributed by atoms with Crippen molar-refractivity contribution in [3.05, 3.63) is 0 Å². The number of likely N-dealkylation sites (tertiary alicyclic amines) is 1. The molecule has 0 amide bonds. The smallest absolute Gasteiger partial charge is 0.0361 e. The van der Waals surface area contributed by atoms with Crippen molar-refractivity contribution in [2.75, 3.05) is 26.7 Å². The molecule has 2 unspecified atom stereocenters. The lowest BCUT2D eigenvalue weighted by atomic mass is 9.82. The van der Waals surface area contributed by atoms with Gasteiger partial charge in [-0.05, 0) is 52.7 Å². The van der Waals surface area contributed by atoms with Crippen LogP contribution in [0.1, 0.15) is 39.5 Å². The number of hydrogen-bond donors (Lipinski definition) is 1. The summed E-state index contributed by atoms with van der Waals surface area (Å²) < 4.78 is 0. The lowest BCUT2D eigenvalue weighted by molar-refractivity contribution is 0.00804. The van der Waals surface area contributed by atoms with Crippen LogP contribution in [0.3, 0.4) is 0 Å². The van der Waals surface area contributed by atoms with Gasteiger partial charge in [0.2, 0.25) is 0 Å². The van der Waals surface area contributed by atoms with Crippen LogP contribution in [-0.2, 0) is 0 Å². The average Bonchev–Trinajstić information content (AvgIpc) is 3.09. The molecule has 1 saturated heterocycles. The Hall–Kier alpha value is -0.120. The predicted molar refractivity (Wildman–Crippen MR) is 68.5 cm³/mol. The molecule has 0 aromatic heterocycles. The van der Waals surface area contributed by atoms with Crippen molar-refractivity contribution in [3.8, 4) is 0 Å². The molecule has 0 spiro atoms. The highest BCUT2D eigenvalue weighted by Gasteiger charge is 2.45. The quantitative estimate of drug-likeness (QED) is 0.782. The van der Waals surface area contributed by atoms with Gasteiger partial charge in [-0.15, -0.1) is 0 Å². The molecule has 2 rings (SSSR count). The lowest BCUT2D eigenvalue weighted by Gasteiger charge is -2.50. The molecule has 0 bridgehead atoms. The minimum absolute atomic E-state index is 0.293. The maximum absolute atomic E-state index is 6.13. The number of likely N-dealkylation sites (N-methyl/N-ethyl adjacent to an activating group) is 1. The topological polar surface area (TPSA) is 32.5 Å². The molecule has 2 atom stereocenters. The molecule has 0 aromatic rings. The Morgan fingerprint density at radius 1 is 1.44 bits per heavy atom. The van der Waals surface area contributed by atoms with E-state index in [9.17, 15) is 0 Å². The second kappa shape index (κ2) is 4.63. The van der Waals surface area contributed by atoms with Gasteiger partial charge in [0.1, 0.15) is 0 Å². The van der Waals surface area contributed by atoms with Gasteiger partial charge in [-0.25, -0.2) is 0 Å². The summed E-state index contributed by atoms with van der Waals surface area (Å²) in [5.74, 6) is 0. The summed E-state index contributed by atoms with van der Waals surface area (Å²) in [6.45, 7) is 7.82. The SMILES string of the molecule is CCN(C1CC1)C1(CN)CCN(C)C(C)C1. The summed E-state index contributed by atoms with van der Waals surface area (Å²) >= 11 is 0. The molecular formula is C13H27N3. The zero-order chi connectivity index (χ0) is 11.8. The first-order valence-electron chi connectivity index (χ1n) is 6.80. The summed E-state index contributed by atoms with van der Waals surface area (Å²) in [6, 6.07) is 1.51. The van der Waals surface area contributed by atoms with Crippen LogP contribution in [0.25, 0.3) is 0 Å². The molecule has 1 aliphatic heterocycles. The summed E-state index contributed by atoms with van der Waals surface area (Å²) in [6.07, 6.45) is 5.26. The van der Waals surface area contributed by atoms with Crippen molar-refractivity contribution < 1.29 is 0 Å². The molecule has 1 saturated carbocycles. The van der Waals surface area contributed by atoms with Crippen LogP contribution in [0, 0.1) is 0 Å². The Labute approximate surface area is 100.0 Å². The number of rotatable bonds is 4. The summed E-state index contributed by atoms with van der Waals surface area (Å²) in [5.41, 5.74) is 6.42. The summed E-state index contributed by atoms with van der Waals surface area (Å²) in [5, 5.41) is 0. The highest BCUT2D eigenvalue weighted by atomic mass is 15.3. The second-order valence-corrected chi connectivity index (χ2v) is 5.73. The van der Waals surface area contributed by atoms with Crippen LogP contribution in [-0.4, -0.2) is 54.1 Å². The largest absolute Gasteiger partial charge is 0.329 e. The minimum atomic E-state index is 0.293. The van der Waals surface area contributed by atoms with Crippen LogP contribution in [0.5, 0.6) is 0 Å². The van der Waals surface area contributed by atoms with Crippen LogP contribution in [0.15, 0.2) is 0 Å². The standard InChI is InChI=1S/C13H27N3/c1-4-16(12-5-6-12)13(10-14)7-8-15(3)11(2)9-13/h11-12H,4-10,14H2,1-3H3. The van der Waals surface area contributed by atoms with Gasteiger partial charge in [0.05, 0.1) is 0 Å². The van der Waals surface area contributed by atoms with E-state index in [1.807, 2.05) is 0 Å². The fraction of sp³-hybridized carbons (Fsp3) is 1.00. The lowest BCUT2D eigenvalue weighted by Crippen LogP contribution is -2.61. The minimum Gasteiger partial charge on any atom is -0.329 e. The monoisotopic (exact) mass is 225 g/mol. The molecule has 1 heterocycles. The molecule has 1 aliphatic carbocycles. The molecular weight excluding hydrogens is 198 g/mol. The molecule has 2 aliphatic rings. The van der Waals surface area contributed by atoms with Crippen molar-refractivity contribution in [3.63, 3.8) is 0 Å². The molecule has 0 aromatic carbocycles. The molecule has 2 fully saturated rings. The summed E-state index contributed by atoms with van der Waals surface area (Å²) in [4.78, 5) is 5.17. The normalized spacial score (nSPS) is 36.9. The van der Waals surface area contributed by atoms with Crippen LogP contribution in [0.2, 0.25) is 0 Å². The van der Waals surface area contributed by atoms with Gasteiger partial charge < -0.3 is 10.6 Å². The predicted octanol–water partition coefficient (Wildman–Crippen LogP) is 1.28. The third-order valence-electron chi connectivity index (χ3n) is 4.68. The zero-order valence-corrected chi connectivity index (χ0v) is 11.1. The van der Waals surface area contributed by atoms with Crippen molar-refractivity contribution >= 4 is 0 Å². The number of piperidine rings is 1. The van der Waals surface area contributed by atoms with Gasteiger partial charge >= 0.3 is 0 Å². The van der Waals surface area contributed by atoms with E-state index in [4.69, 9.17) is 5.73 Å². The van der Waals surface area contributed by atoms with E-state index in [1.54, 1.807) is 0 Å². The third-order valence-corrected chi connectivity index (χ3v) is 4.68. The first kappa shape index (κ1) is 12.3. The van der Waals surface area contributed by atoms with Crippen molar-refractivity contribution in [1.82, 2.24) is 9.80 Å². The maximum Gasteiger partial charge on any atom is 0.0361 e. The Balaban J connectivity index is 2.11. The van der Waals surface area contributed by atoms with Crippen molar-refractivity contribution in [2.45, 2.75) is 57.2 Å². The molecule has 94 valence electrons.